The van der Waals surface area contributed by atoms with Gasteiger partial charge in [-0.25, -0.2) is 4.39 Å². The predicted molar refractivity (Wildman–Crippen MR) is 61.8 cm³/mol. The number of ether oxygens (including phenoxy) is 1. The Morgan fingerprint density at radius 1 is 1.38 bits per heavy atom. The molecule has 1 aromatic carbocycles. The Hall–Kier alpha value is -0.930. The van der Waals surface area contributed by atoms with Crippen molar-refractivity contribution in [3.05, 3.63) is 35.6 Å². The fourth-order valence-electron chi connectivity index (χ4n) is 1.81. The summed E-state index contributed by atoms with van der Waals surface area (Å²) in [6.45, 7) is 0.724. The van der Waals surface area contributed by atoms with E-state index in [0.29, 0.717) is 6.04 Å². The van der Waals surface area contributed by atoms with E-state index >= 15 is 0 Å². The number of halogens is 1. The predicted octanol–water partition coefficient (Wildman–Crippen LogP) is 2.66. The minimum Gasteiger partial charge on any atom is -0.385 e. The maximum Gasteiger partial charge on any atom is 0.123 e. The summed E-state index contributed by atoms with van der Waals surface area (Å²) in [7, 11) is 1.71. The second kappa shape index (κ2) is 5.41. The normalized spacial score (nSPS) is 17.4. The summed E-state index contributed by atoms with van der Waals surface area (Å²) in [4.78, 5) is 0. The molecule has 0 heterocycles. The molecule has 0 amide bonds. The SMILES string of the molecule is COCCC(NC1CC1)c1ccc(F)cc1. The Kier molecular flexibility index (Phi) is 3.91. The molecule has 0 radical (unpaired) electrons. The van der Waals surface area contributed by atoms with Gasteiger partial charge in [-0.15, -0.1) is 0 Å². The second-order valence-electron chi connectivity index (χ2n) is 4.33. The van der Waals surface area contributed by atoms with Gasteiger partial charge in [0.1, 0.15) is 5.82 Å². The number of hydrogen-bond donors (Lipinski definition) is 1. The van der Waals surface area contributed by atoms with Crippen molar-refractivity contribution >= 4 is 0 Å². The highest BCUT2D eigenvalue weighted by Crippen LogP contribution is 2.26. The Morgan fingerprint density at radius 2 is 2.06 bits per heavy atom. The van der Waals surface area contributed by atoms with Gasteiger partial charge in [-0.05, 0) is 37.0 Å². The molecule has 16 heavy (non-hydrogen) atoms. The lowest BCUT2D eigenvalue weighted by molar-refractivity contribution is 0.182. The van der Waals surface area contributed by atoms with Crippen LogP contribution in [0.1, 0.15) is 30.9 Å². The molecule has 1 N–H and O–H groups in total. The summed E-state index contributed by atoms with van der Waals surface area (Å²) >= 11 is 0. The zero-order chi connectivity index (χ0) is 11.4. The highest BCUT2D eigenvalue weighted by Gasteiger charge is 2.25. The molecule has 1 aliphatic carbocycles. The summed E-state index contributed by atoms with van der Waals surface area (Å²) in [5.41, 5.74) is 1.14. The summed E-state index contributed by atoms with van der Waals surface area (Å²) in [6.07, 6.45) is 3.44. The van der Waals surface area contributed by atoms with Crippen molar-refractivity contribution < 1.29 is 9.13 Å². The average Bonchev–Trinajstić information content (AvgIpc) is 3.09. The van der Waals surface area contributed by atoms with Crippen LogP contribution >= 0.6 is 0 Å². The first kappa shape index (κ1) is 11.6. The van der Waals surface area contributed by atoms with Crippen LogP contribution in [0.4, 0.5) is 4.39 Å². The third-order valence-electron chi connectivity index (χ3n) is 2.90. The van der Waals surface area contributed by atoms with Crippen molar-refractivity contribution in [1.29, 1.82) is 0 Å². The van der Waals surface area contributed by atoms with Crippen molar-refractivity contribution in [1.82, 2.24) is 5.32 Å². The molecule has 1 unspecified atom stereocenters. The highest BCUT2D eigenvalue weighted by atomic mass is 19.1. The van der Waals surface area contributed by atoms with Crippen molar-refractivity contribution in [2.24, 2.45) is 0 Å². The van der Waals surface area contributed by atoms with Gasteiger partial charge in [0.15, 0.2) is 0 Å². The average molecular weight is 223 g/mol. The summed E-state index contributed by atoms with van der Waals surface area (Å²) in [6, 6.07) is 7.67. The molecule has 0 spiro atoms. The van der Waals surface area contributed by atoms with Gasteiger partial charge in [0.05, 0.1) is 0 Å². The lowest BCUT2D eigenvalue weighted by Gasteiger charge is -2.18. The molecule has 3 heteroatoms. The fraction of sp³-hybridized carbons (Fsp3) is 0.538. The Bertz CT molecular complexity index is 321. The van der Waals surface area contributed by atoms with E-state index < -0.39 is 0 Å². The second-order valence-corrected chi connectivity index (χ2v) is 4.33. The summed E-state index contributed by atoms with van der Waals surface area (Å²) in [5.74, 6) is -0.180. The van der Waals surface area contributed by atoms with Crippen molar-refractivity contribution in [3.8, 4) is 0 Å². The van der Waals surface area contributed by atoms with Crippen LogP contribution in [0.15, 0.2) is 24.3 Å². The van der Waals surface area contributed by atoms with E-state index in [-0.39, 0.29) is 11.9 Å². The van der Waals surface area contributed by atoms with Gasteiger partial charge >= 0.3 is 0 Å². The van der Waals surface area contributed by atoms with Crippen molar-refractivity contribution in [2.45, 2.75) is 31.3 Å². The van der Waals surface area contributed by atoms with Gasteiger partial charge in [-0.2, -0.15) is 0 Å². The Balaban J connectivity index is 2.00. The van der Waals surface area contributed by atoms with Crippen LogP contribution in [0.25, 0.3) is 0 Å². The molecule has 1 aliphatic rings. The molecule has 2 rings (SSSR count). The van der Waals surface area contributed by atoms with Crippen LogP contribution in [0.2, 0.25) is 0 Å². The molecule has 1 fully saturated rings. The minimum atomic E-state index is -0.180. The lowest BCUT2D eigenvalue weighted by atomic mass is 10.0. The van der Waals surface area contributed by atoms with E-state index in [1.54, 1.807) is 7.11 Å². The van der Waals surface area contributed by atoms with E-state index in [1.165, 1.54) is 25.0 Å². The molecular formula is C13H18FNO. The van der Waals surface area contributed by atoms with E-state index in [4.69, 9.17) is 4.74 Å². The first-order chi connectivity index (χ1) is 7.79. The summed E-state index contributed by atoms with van der Waals surface area (Å²) in [5, 5.41) is 3.56. The lowest BCUT2D eigenvalue weighted by Crippen LogP contribution is -2.24. The maximum absolute atomic E-state index is 12.8. The summed E-state index contributed by atoms with van der Waals surface area (Å²) < 4.78 is 17.9. The Labute approximate surface area is 95.8 Å². The van der Waals surface area contributed by atoms with Crippen LogP contribution in [0, 0.1) is 5.82 Å². The van der Waals surface area contributed by atoms with Crippen LogP contribution in [0.5, 0.6) is 0 Å². The van der Waals surface area contributed by atoms with E-state index in [0.717, 1.165) is 18.6 Å². The largest absolute Gasteiger partial charge is 0.385 e. The van der Waals surface area contributed by atoms with E-state index in [9.17, 15) is 4.39 Å². The number of rotatable bonds is 6. The first-order valence-corrected chi connectivity index (χ1v) is 5.80. The topological polar surface area (TPSA) is 21.3 Å². The van der Waals surface area contributed by atoms with Crippen molar-refractivity contribution in [2.75, 3.05) is 13.7 Å². The van der Waals surface area contributed by atoms with Crippen LogP contribution in [0.3, 0.4) is 0 Å². The molecule has 2 nitrogen and oxygen atoms in total. The molecule has 0 bridgehead atoms. The van der Waals surface area contributed by atoms with E-state index in [1.807, 2.05) is 12.1 Å². The molecule has 0 aliphatic heterocycles. The quantitative estimate of drug-likeness (QED) is 0.800. The number of hydrogen-bond acceptors (Lipinski definition) is 2. The molecule has 88 valence electrons. The standard InChI is InChI=1S/C13H18FNO/c1-16-9-8-13(15-12-6-7-12)10-2-4-11(14)5-3-10/h2-5,12-13,15H,6-9H2,1H3. The van der Waals surface area contributed by atoms with Gasteiger partial charge in [0, 0.05) is 25.8 Å². The Morgan fingerprint density at radius 3 is 2.62 bits per heavy atom. The molecular weight excluding hydrogens is 205 g/mol. The van der Waals surface area contributed by atoms with Crippen molar-refractivity contribution in [3.63, 3.8) is 0 Å². The molecule has 1 atom stereocenters. The molecule has 1 aromatic rings. The molecule has 0 saturated heterocycles. The van der Waals surface area contributed by atoms with Gasteiger partial charge in [0.25, 0.3) is 0 Å². The van der Waals surface area contributed by atoms with Gasteiger partial charge in [-0.1, -0.05) is 12.1 Å². The van der Waals surface area contributed by atoms with Gasteiger partial charge in [0.2, 0.25) is 0 Å². The van der Waals surface area contributed by atoms with Gasteiger partial charge < -0.3 is 10.1 Å². The number of nitrogens with one attached hydrogen (secondary N) is 1. The van der Waals surface area contributed by atoms with Gasteiger partial charge in [-0.3, -0.25) is 0 Å². The zero-order valence-corrected chi connectivity index (χ0v) is 9.58. The smallest absolute Gasteiger partial charge is 0.123 e. The maximum atomic E-state index is 12.8. The highest BCUT2D eigenvalue weighted by molar-refractivity contribution is 5.20. The van der Waals surface area contributed by atoms with Crippen LogP contribution < -0.4 is 5.32 Å². The zero-order valence-electron chi connectivity index (χ0n) is 9.58. The number of methoxy groups -OCH3 is 1. The van der Waals surface area contributed by atoms with Crippen LogP contribution in [-0.4, -0.2) is 19.8 Å². The third kappa shape index (κ3) is 3.29. The molecule has 1 saturated carbocycles. The first-order valence-electron chi connectivity index (χ1n) is 5.80. The fourth-order valence-corrected chi connectivity index (χ4v) is 1.81. The molecule has 0 aromatic heterocycles. The minimum absolute atomic E-state index is 0.180. The van der Waals surface area contributed by atoms with E-state index in [2.05, 4.69) is 5.32 Å². The third-order valence-corrected chi connectivity index (χ3v) is 2.90. The number of benzene rings is 1. The monoisotopic (exact) mass is 223 g/mol. The van der Waals surface area contributed by atoms with Crippen LogP contribution in [-0.2, 0) is 4.74 Å².